The molecule has 1 unspecified atom stereocenters. The van der Waals surface area contributed by atoms with Gasteiger partial charge in [-0.05, 0) is 56.9 Å². The second-order valence-corrected chi connectivity index (χ2v) is 8.27. The molecule has 4 nitrogen and oxygen atoms in total. The van der Waals surface area contributed by atoms with Crippen LogP contribution in [0, 0.1) is 5.41 Å². The number of anilines is 1. The van der Waals surface area contributed by atoms with Crippen LogP contribution in [0.5, 0.6) is 5.75 Å². The SMILES string of the molecule is C=CC1=Cc2ccc(N(CC)C(=O)OC(C)C(C)(C)C)cc2OC1(C)C. The van der Waals surface area contributed by atoms with Crippen molar-refractivity contribution in [3.05, 3.63) is 42.0 Å². The summed E-state index contributed by atoms with van der Waals surface area (Å²) >= 11 is 0. The predicted octanol–water partition coefficient (Wildman–Crippen LogP) is 5.82. The van der Waals surface area contributed by atoms with Gasteiger partial charge >= 0.3 is 6.09 Å². The van der Waals surface area contributed by atoms with E-state index in [-0.39, 0.29) is 17.6 Å². The third-order valence-corrected chi connectivity index (χ3v) is 4.93. The zero-order chi connectivity index (χ0) is 19.7. The first-order valence-electron chi connectivity index (χ1n) is 9.15. The van der Waals surface area contributed by atoms with Gasteiger partial charge in [-0.1, -0.05) is 33.4 Å². The molecule has 0 aliphatic carbocycles. The molecule has 0 aromatic heterocycles. The van der Waals surface area contributed by atoms with E-state index in [0.29, 0.717) is 6.54 Å². The maximum absolute atomic E-state index is 12.7. The fourth-order valence-electron chi connectivity index (χ4n) is 2.69. The third-order valence-electron chi connectivity index (χ3n) is 4.93. The zero-order valence-electron chi connectivity index (χ0n) is 17.1. The number of hydrogen-bond acceptors (Lipinski definition) is 3. The zero-order valence-corrected chi connectivity index (χ0v) is 17.1. The van der Waals surface area contributed by atoms with Crippen LogP contribution in [0.1, 0.15) is 54.0 Å². The largest absolute Gasteiger partial charge is 0.482 e. The van der Waals surface area contributed by atoms with Crippen molar-refractivity contribution in [2.75, 3.05) is 11.4 Å². The van der Waals surface area contributed by atoms with Gasteiger partial charge in [0, 0.05) is 18.2 Å². The molecule has 0 radical (unpaired) electrons. The maximum atomic E-state index is 12.7. The van der Waals surface area contributed by atoms with E-state index < -0.39 is 5.60 Å². The number of amides is 1. The highest BCUT2D eigenvalue weighted by Crippen LogP contribution is 2.38. The summed E-state index contributed by atoms with van der Waals surface area (Å²) in [5.74, 6) is 0.758. The Balaban J connectivity index is 2.30. The van der Waals surface area contributed by atoms with Crippen LogP contribution in [0.3, 0.4) is 0 Å². The number of rotatable bonds is 4. The number of hydrogen-bond donors (Lipinski definition) is 0. The summed E-state index contributed by atoms with van der Waals surface area (Å²) in [7, 11) is 0. The van der Waals surface area contributed by atoms with Crippen molar-refractivity contribution in [3.63, 3.8) is 0 Å². The monoisotopic (exact) mass is 357 g/mol. The first kappa shape index (κ1) is 20.1. The number of ether oxygens (including phenoxy) is 2. The molecule has 1 aliphatic rings. The van der Waals surface area contributed by atoms with Crippen LogP contribution in [0.15, 0.2) is 36.4 Å². The molecule has 0 N–H and O–H groups in total. The van der Waals surface area contributed by atoms with Crippen molar-refractivity contribution in [3.8, 4) is 5.75 Å². The van der Waals surface area contributed by atoms with Crippen LogP contribution in [0.4, 0.5) is 10.5 Å². The lowest BCUT2D eigenvalue weighted by Gasteiger charge is -2.34. The van der Waals surface area contributed by atoms with E-state index in [1.807, 2.05) is 52.0 Å². The first-order valence-corrected chi connectivity index (χ1v) is 9.15. The van der Waals surface area contributed by atoms with Gasteiger partial charge in [0.1, 0.15) is 17.5 Å². The van der Waals surface area contributed by atoms with Crippen LogP contribution in [-0.4, -0.2) is 24.3 Å². The van der Waals surface area contributed by atoms with Crippen LogP contribution in [0.25, 0.3) is 6.08 Å². The molecule has 0 spiro atoms. The predicted molar refractivity (Wildman–Crippen MR) is 108 cm³/mol. The molecular weight excluding hydrogens is 326 g/mol. The van der Waals surface area contributed by atoms with Gasteiger partial charge in [0.2, 0.25) is 0 Å². The van der Waals surface area contributed by atoms with Crippen molar-refractivity contribution in [2.24, 2.45) is 5.41 Å². The molecule has 0 saturated heterocycles. The van der Waals surface area contributed by atoms with Gasteiger partial charge in [0.15, 0.2) is 0 Å². The summed E-state index contributed by atoms with van der Waals surface area (Å²) in [6, 6.07) is 5.79. The number of carbonyl (C=O) groups excluding carboxylic acids is 1. The fourth-order valence-corrected chi connectivity index (χ4v) is 2.69. The van der Waals surface area contributed by atoms with Gasteiger partial charge in [0.05, 0.1) is 5.69 Å². The Bertz CT molecular complexity index is 725. The molecule has 1 atom stereocenters. The smallest absolute Gasteiger partial charge is 0.414 e. The Morgan fingerprint density at radius 3 is 2.58 bits per heavy atom. The summed E-state index contributed by atoms with van der Waals surface area (Å²) in [5, 5.41) is 0. The summed E-state index contributed by atoms with van der Waals surface area (Å²) in [6.45, 7) is 18.4. The van der Waals surface area contributed by atoms with Gasteiger partial charge in [-0.2, -0.15) is 0 Å². The number of carbonyl (C=O) groups is 1. The summed E-state index contributed by atoms with van der Waals surface area (Å²) in [6.07, 6.45) is 3.37. The molecule has 0 fully saturated rings. The van der Waals surface area contributed by atoms with Crippen molar-refractivity contribution in [1.82, 2.24) is 0 Å². The van der Waals surface area contributed by atoms with Crippen molar-refractivity contribution in [1.29, 1.82) is 0 Å². The third kappa shape index (κ3) is 4.12. The highest BCUT2D eigenvalue weighted by molar-refractivity contribution is 5.88. The topological polar surface area (TPSA) is 38.8 Å². The van der Waals surface area contributed by atoms with E-state index in [1.165, 1.54) is 0 Å². The molecule has 26 heavy (non-hydrogen) atoms. The second-order valence-electron chi connectivity index (χ2n) is 8.27. The molecule has 1 aliphatic heterocycles. The van der Waals surface area contributed by atoms with Gasteiger partial charge in [-0.3, -0.25) is 4.90 Å². The summed E-state index contributed by atoms with van der Waals surface area (Å²) in [4.78, 5) is 14.3. The van der Waals surface area contributed by atoms with E-state index in [1.54, 1.807) is 4.90 Å². The molecule has 142 valence electrons. The fraction of sp³-hybridized carbons (Fsp3) is 0.500. The molecule has 0 bridgehead atoms. The lowest BCUT2D eigenvalue weighted by molar-refractivity contribution is 0.0484. The average Bonchev–Trinajstić information content (AvgIpc) is 2.52. The first-order chi connectivity index (χ1) is 12.0. The van der Waals surface area contributed by atoms with Crippen LogP contribution < -0.4 is 9.64 Å². The Hall–Kier alpha value is -2.23. The lowest BCUT2D eigenvalue weighted by Crippen LogP contribution is -2.37. The minimum atomic E-state index is -0.453. The summed E-state index contributed by atoms with van der Waals surface area (Å²) < 4.78 is 11.8. The lowest BCUT2D eigenvalue weighted by atomic mass is 9.90. The highest BCUT2D eigenvalue weighted by Gasteiger charge is 2.30. The quantitative estimate of drug-likeness (QED) is 0.681. The van der Waals surface area contributed by atoms with Gasteiger partial charge in [-0.15, -0.1) is 0 Å². The van der Waals surface area contributed by atoms with E-state index >= 15 is 0 Å². The number of nitrogens with zero attached hydrogens (tertiary/aromatic N) is 1. The Labute approximate surface area is 157 Å². The minimum Gasteiger partial charge on any atom is -0.482 e. The molecule has 1 heterocycles. The Morgan fingerprint density at radius 2 is 2.04 bits per heavy atom. The molecule has 2 rings (SSSR count). The Morgan fingerprint density at radius 1 is 1.38 bits per heavy atom. The van der Waals surface area contributed by atoms with Gasteiger partial charge < -0.3 is 9.47 Å². The average molecular weight is 357 g/mol. The number of benzene rings is 1. The maximum Gasteiger partial charge on any atom is 0.414 e. The molecule has 0 saturated carbocycles. The molecule has 1 aromatic rings. The van der Waals surface area contributed by atoms with Crippen LogP contribution in [-0.2, 0) is 4.74 Å². The van der Waals surface area contributed by atoms with Crippen LogP contribution in [0.2, 0.25) is 0 Å². The summed E-state index contributed by atoms with van der Waals surface area (Å²) in [5.41, 5.74) is 2.22. The van der Waals surface area contributed by atoms with Crippen molar-refractivity contribution >= 4 is 17.9 Å². The molecule has 1 aromatic carbocycles. The van der Waals surface area contributed by atoms with Crippen molar-refractivity contribution < 1.29 is 14.3 Å². The number of fused-ring (bicyclic) bond motifs is 1. The normalized spacial score (nSPS) is 16.7. The molecule has 1 amide bonds. The van der Waals surface area contributed by atoms with Gasteiger partial charge in [0.25, 0.3) is 0 Å². The van der Waals surface area contributed by atoms with E-state index in [9.17, 15) is 4.79 Å². The Kier molecular flexibility index (Phi) is 5.55. The van der Waals surface area contributed by atoms with E-state index in [4.69, 9.17) is 9.47 Å². The minimum absolute atomic E-state index is 0.107. The highest BCUT2D eigenvalue weighted by atomic mass is 16.6. The standard InChI is InChI=1S/C22H31NO3/c1-9-17-13-16-11-12-18(14-19(16)26-22(17,7)8)23(10-2)20(24)25-15(3)21(4,5)6/h9,11-15H,1,10H2,2-8H3. The van der Waals surface area contributed by atoms with Crippen LogP contribution >= 0.6 is 0 Å². The van der Waals surface area contributed by atoms with E-state index in [2.05, 4.69) is 33.4 Å². The second kappa shape index (κ2) is 7.18. The van der Waals surface area contributed by atoms with Gasteiger partial charge in [-0.25, -0.2) is 4.79 Å². The molecule has 4 heteroatoms. The molecular formula is C22H31NO3. The van der Waals surface area contributed by atoms with Crippen molar-refractivity contribution in [2.45, 2.75) is 60.2 Å². The van der Waals surface area contributed by atoms with E-state index in [0.717, 1.165) is 22.6 Å².